The van der Waals surface area contributed by atoms with E-state index in [4.69, 9.17) is 0 Å². The first-order chi connectivity index (χ1) is 7.13. The van der Waals surface area contributed by atoms with Crippen molar-refractivity contribution in [3.8, 4) is 0 Å². The maximum absolute atomic E-state index is 11.6. The van der Waals surface area contributed by atoms with Crippen LogP contribution in [0, 0.1) is 5.92 Å². The van der Waals surface area contributed by atoms with Crippen molar-refractivity contribution >= 4 is 28.1 Å². The molecule has 0 aliphatic carbocycles. The Kier molecular flexibility index (Phi) is 4.90. The predicted octanol–water partition coefficient (Wildman–Crippen LogP) is 1.20. The fourth-order valence-electron chi connectivity index (χ4n) is 1.08. The number of nitrogens with zero attached hydrogens (tertiary/aromatic N) is 1. The molecule has 2 unspecified atom stereocenters. The second-order valence-electron chi connectivity index (χ2n) is 3.14. The van der Waals surface area contributed by atoms with Crippen LogP contribution >= 0.6 is 11.3 Å². The number of esters is 1. The van der Waals surface area contributed by atoms with E-state index in [0.29, 0.717) is 11.5 Å². The number of carbonyl (C=O) groups is 1. The van der Waals surface area contributed by atoms with E-state index in [1.807, 2.05) is 0 Å². The van der Waals surface area contributed by atoms with Gasteiger partial charge in [-0.15, -0.1) is 11.3 Å². The van der Waals surface area contributed by atoms with Crippen molar-refractivity contribution < 1.29 is 13.7 Å². The van der Waals surface area contributed by atoms with E-state index in [2.05, 4.69) is 9.72 Å². The zero-order chi connectivity index (χ0) is 11.3. The van der Waals surface area contributed by atoms with Crippen molar-refractivity contribution in [2.75, 3.05) is 12.9 Å². The van der Waals surface area contributed by atoms with Gasteiger partial charge in [0.05, 0.1) is 24.3 Å². The topological polar surface area (TPSA) is 56.3 Å². The van der Waals surface area contributed by atoms with Gasteiger partial charge in [-0.25, -0.2) is 0 Å². The average Bonchev–Trinajstić information content (AvgIpc) is 2.68. The Morgan fingerprint density at radius 1 is 1.73 bits per heavy atom. The maximum atomic E-state index is 11.6. The molecule has 1 heterocycles. The summed E-state index contributed by atoms with van der Waals surface area (Å²) in [6, 6.07) is 0. The van der Waals surface area contributed by atoms with Crippen LogP contribution in [0.4, 0.5) is 0 Å². The first-order valence-corrected chi connectivity index (χ1v) is 6.80. The number of methoxy groups -OCH3 is 1. The van der Waals surface area contributed by atoms with Gasteiger partial charge >= 0.3 is 5.97 Å². The Hall–Kier alpha value is -0.750. The van der Waals surface area contributed by atoms with Gasteiger partial charge in [0, 0.05) is 27.6 Å². The molecule has 0 fully saturated rings. The summed E-state index contributed by atoms with van der Waals surface area (Å²) in [5.41, 5.74) is 1.70. The Bertz CT molecular complexity index is 337. The van der Waals surface area contributed by atoms with Crippen LogP contribution in [-0.2, 0) is 26.1 Å². The van der Waals surface area contributed by atoms with E-state index in [-0.39, 0.29) is 11.9 Å². The number of rotatable bonds is 5. The number of hydrogen-bond donors (Lipinski definition) is 0. The highest BCUT2D eigenvalue weighted by molar-refractivity contribution is 7.84. The van der Waals surface area contributed by atoms with Gasteiger partial charge in [0.1, 0.15) is 0 Å². The quantitative estimate of drug-likeness (QED) is 0.734. The minimum absolute atomic E-state index is 0.312. The minimum atomic E-state index is -1.03. The van der Waals surface area contributed by atoms with Gasteiger partial charge in [-0.3, -0.25) is 14.0 Å². The van der Waals surface area contributed by atoms with E-state index in [1.54, 1.807) is 18.6 Å². The van der Waals surface area contributed by atoms with Crippen molar-refractivity contribution in [3.05, 3.63) is 16.6 Å². The van der Waals surface area contributed by atoms with Crippen LogP contribution in [0.1, 0.15) is 11.8 Å². The van der Waals surface area contributed by atoms with Gasteiger partial charge in [0.2, 0.25) is 0 Å². The molecule has 84 valence electrons. The summed E-state index contributed by atoms with van der Waals surface area (Å²) in [5, 5.41) is 0. The number of hydrogen-bond acceptors (Lipinski definition) is 5. The lowest BCUT2D eigenvalue weighted by Crippen LogP contribution is -2.19. The van der Waals surface area contributed by atoms with Crippen LogP contribution in [0.2, 0.25) is 0 Å². The molecule has 0 amide bonds. The molecule has 0 N–H and O–H groups in total. The lowest BCUT2D eigenvalue weighted by molar-refractivity contribution is -0.144. The third kappa shape index (κ3) is 4.09. The van der Waals surface area contributed by atoms with Gasteiger partial charge in [-0.1, -0.05) is 6.92 Å². The van der Waals surface area contributed by atoms with Crippen molar-refractivity contribution in [2.45, 2.75) is 12.7 Å². The van der Waals surface area contributed by atoms with Crippen molar-refractivity contribution in [2.24, 2.45) is 5.92 Å². The second kappa shape index (κ2) is 5.97. The van der Waals surface area contributed by atoms with E-state index in [0.717, 1.165) is 4.88 Å². The van der Waals surface area contributed by atoms with Gasteiger partial charge in [0.15, 0.2) is 0 Å². The lowest BCUT2D eigenvalue weighted by atomic mass is 10.2. The fraction of sp³-hybridized carbons (Fsp3) is 0.556. The number of carbonyl (C=O) groups excluding carboxylic acids is 1. The summed E-state index contributed by atoms with van der Waals surface area (Å²) in [6.45, 7) is 1.72. The average molecular weight is 247 g/mol. The molecule has 1 aromatic heterocycles. The third-order valence-electron chi connectivity index (χ3n) is 1.83. The van der Waals surface area contributed by atoms with E-state index in [9.17, 15) is 9.00 Å². The zero-order valence-corrected chi connectivity index (χ0v) is 10.3. The summed E-state index contributed by atoms with van der Waals surface area (Å²) >= 11 is 1.47. The predicted molar refractivity (Wildman–Crippen MR) is 60.0 cm³/mol. The van der Waals surface area contributed by atoms with Crippen LogP contribution in [-0.4, -0.2) is 28.0 Å². The van der Waals surface area contributed by atoms with Crippen LogP contribution in [0.5, 0.6) is 0 Å². The molecule has 4 nitrogen and oxygen atoms in total. The smallest absolute Gasteiger partial charge is 0.309 e. The first-order valence-electron chi connectivity index (χ1n) is 4.43. The van der Waals surface area contributed by atoms with Crippen molar-refractivity contribution in [3.63, 3.8) is 0 Å². The minimum Gasteiger partial charge on any atom is -0.469 e. The Morgan fingerprint density at radius 2 is 2.47 bits per heavy atom. The number of aromatic nitrogens is 1. The molecule has 1 rings (SSSR count). The van der Waals surface area contributed by atoms with E-state index in [1.165, 1.54) is 18.4 Å². The van der Waals surface area contributed by atoms with Gasteiger partial charge in [-0.05, 0) is 0 Å². The molecule has 0 aliphatic rings. The van der Waals surface area contributed by atoms with Gasteiger partial charge < -0.3 is 4.74 Å². The molecular formula is C9H13NO3S2. The molecule has 0 bridgehead atoms. The molecule has 2 atom stereocenters. The van der Waals surface area contributed by atoms with E-state index < -0.39 is 10.8 Å². The number of thiazole rings is 1. The van der Waals surface area contributed by atoms with Gasteiger partial charge in [-0.2, -0.15) is 0 Å². The van der Waals surface area contributed by atoms with Crippen molar-refractivity contribution in [1.82, 2.24) is 4.98 Å². The number of ether oxygens (including phenoxy) is 1. The van der Waals surface area contributed by atoms with Gasteiger partial charge in [0.25, 0.3) is 0 Å². The standard InChI is InChI=1S/C9H13NO3S2/c1-7(9(11)13-2)4-15(12)5-8-3-10-6-14-8/h3,6-7H,4-5H2,1-2H3. The SMILES string of the molecule is COC(=O)C(C)CS(=O)Cc1cncs1. The van der Waals surface area contributed by atoms with Crippen molar-refractivity contribution in [1.29, 1.82) is 0 Å². The molecule has 1 aromatic rings. The Balaban J connectivity index is 2.39. The summed E-state index contributed by atoms with van der Waals surface area (Å²) in [5.74, 6) is 0.174. The molecule has 0 saturated heterocycles. The molecular weight excluding hydrogens is 234 g/mol. The summed E-state index contributed by atoms with van der Waals surface area (Å²) in [7, 11) is 0.306. The lowest BCUT2D eigenvalue weighted by Gasteiger charge is -2.07. The molecule has 6 heteroatoms. The zero-order valence-electron chi connectivity index (χ0n) is 8.63. The first kappa shape index (κ1) is 12.3. The Morgan fingerprint density at radius 3 is 3.00 bits per heavy atom. The maximum Gasteiger partial charge on any atom is 0.309 e. The highest BCUT2D eigenvalue weighted by Gasteiger charge is 2.16. The van der Waals surface area contributed by atoms with Crippen LogP contribution in [0.15, 0.2) is 11.7 Å². The van der Waals surface area contributed by atoms with Crippen LogP contribution < -0.4 is 0 Å². The highest BCUT2D eigenvalue weighted by Crippen LogP contribution is 2.11. The summed E-state index contributed by atoms with van der Waals surface area (Å²) < 4.78 is 16.2. The normalized spacial score (nSPS) is 14.5. The van der Waals surface area contributed by atoms with E-state index >= 15 is 0 Å². The monoisotopic (exact) mass is 247 g/mol. The van der Waals surface area contributed by atoms with Crippen LogP contribution in [0.25, 0.3) is 0 Å². The largest absolute Gasteiger partial charge is 0.469 e. The molecule has 0 saturated carbocycles. The summed E-state index contributed by atoms with van der Waals surface area (Å²) in [6.07, 6.45) is 1.70. The van der Waals surface area contributed by atoms with Crippen LogP contribution in [0.3, 0.4) is 0 Å². The highest BCUT2D eigenvalue weighted by atomic mass is 32.2. The fourth-order valence-corrected chi connectivity index (χ4v) is 3.33. The summed E-state index contributed by atoms with van der Waals surface area (Å²) in [4.78, 5) is 16.0. The molecule has 0 spiro atoms. The third-order valence-corrected chi connectivity index (χ3v) is 4.29. The molecule has 0 aromatic carbocycles. The molecule has 15 heavy (non-hydrogen) atoms. The molecule has 0 radical (unpaired) electrons. The Labute approximate surface area is 95.1 Å². The molecule has 0 aliphatic heterocycles. The second-order valence-corrected chi connectivity index (χ2v) is 5.62.